The number of alkyl halides is 2. The van der Waals surface area contributed by atoms with Crippen LogP contribution in [-0.2, 0) is 0 Å². The van der Waals surface area contributed by atoms with Gasteiger partial charge in [-0.2, -0.15) is 0 Å². The van der Waals surface area contributed by atoms with Crippen LogP contribution >= 0.6 is 38.5 Å². The lowest BCUT2D eigenvalue weighted by Gasteiger charge is -2.01. The molecule has 0 aromatic carbocycles. The number of hydrogen-bond donors (Lipinski definition) is 0. The van der Waals surface area contributed by atoms with Crippen molar-refractivity contribution in [2.75, 3.05) is 0 Å². The second-order valence-electron chi connectivity index (χ2n) is 1.93. The van der Waals surface area contributed by atoms with Crippen LogP contribution < -0.4 is 0 Å². The van der Waals surface area contributed by atoms with Gasteiger partial charge in [-0.3, -0.25) is 0 Å². The lowest BCUT2D eigenvalue weighted by Crippen LogP contribution is -1.96. The largest absolute Gasteiger partial charge is 0.280 e. The molecule has 0 amide bonds. The van der Waals surface area contributed by atoms with Crippen molar-refractivity contribution in [1.29, 1.82) is 0 Å². The summed E-state index contributed by atoms with van der Waals surface area (Å²) in [5, 5.41) is 0. The predicted molar refractivity (Wildman–Crippen MR) is 49.6 cm³/mol. The number of nitrogens with zero attached hydrogens (tertiary/aromatic N) is 1. The van der Waals surface area contributed by atoms with Crippen molar-refractivity contribution in [1.82, 2.24) is 4.98 Å². The highest BCUT2D eigenvalue weighted by Crippen LogP contribution is 2.25. The number of hydrogen-bond acceptors (Lipinski definition) is 1. The van der Waals surface area contributed by atoms with E-state index in [2.05, 4.69) is 20.9 Å². The first-order chi connectivity index (χ1) is 5.52. The molecule has 1 rings (SSSR count). The van der Waals surface area contributed by atoms with E-state index in [1.807, 2.05) is 0 Å². The fraction of sp³-hybridized carbons (Fsp3) is 0.167. The second kappa shape index (κ2) is 3.91. The molecule has 6 heteroatoms. The van der Waals surface area contributed by atoms with Gasteiger partial charge in [0.2, 0.25) is 0 Å². The summed E-state index contributed by atoms with van der Waals surface area (Å²) in [6.45, 7) is 0. The van der Waals surface area contributed by atoms with Gasteiger partial charge in [0.05, 0.1) is 4.47 Å². The molecule has 0 aliphatic carbocycles. The van der Waals surface area contributed by atoms with Gasteiger partial charge in [0.1, 0.15) is 9.39 Å². The van der Waals surface area contributed by atoms with E-state index in [4.69, 9.17) is 0 Å². The summed E-state index contributed by atoms with van der Waals surface area (Å²) >= 11 is 4.37. The van der Waals surface area contributed by atoms with E-state index in [9.17, 15) is 13.2 Å². The predicted octanol–water partition coefficient (Wildman–Crippen LogP) is 3.53. The molecule has 1 aromatic rings. The smallest absolute Gasteiger partial charge is 0.238 e. The zero-order valence-corrected chi connectivity index (χ0v) is 9.24. The first-order valence-corrected chi connectivity index (χ1v) is 4.69. The Bertz CT molecular complexity index is 282. The van der Waals surface area contributed by atoms with Crippen molar-refractivity contribution in [2.24, 2.45) is 0 Å². The molecule has 0 aliphatic heterocycles. The number of pyridine rings is 1. The van der Waals surface area contributed by atoms with E-state index in [1.165, 1.54) is 0 Å². The minimum absolute atomic E-state index is 0.0113. The molecule has 0 saturated carbocycles. The molecule has 1 nitrogen and oxygen atoms in total. The van der Waals surface area contributed by atoms with Crippen molar-refractivity contribution < 1.29 is 13.2 Å². The molecular formula is C6H2BrF3IN. The Morgan fingerprint density at radius 2 is 2.08 bits per heavy atom. The molecule has 1 heterocycles. The third kappa shape index (κ3) is 2.09. The summed E-state index contributed by atoms with van der Waals surface area (Å²) in [5.74, 6) is -0.611. The number of halogens is 5. The Morgan fingerprint density at radius 1 is 1.50 bits per heavy atom. The maximum atomic E-state index is 12.8. The maximum absolute atomic E-state index is 12.8. The Labute approximate surface area is 88.6 Å². The third-order valence-electron chi connectivity index (χ3n) is 1.12. The van der Waals surface area contributed by atoms with Crippen molar-refractivity contribution in [3.63, 3.8) is 0 Å². The van der Waals surface area contributed by atoms with E-state index < -0.39 is 17.9 Å². The van der Waals surface area contributed by atoms with Crippen LogP contribution in [0.25, 0.3) is 0 Å². The Kier molecular flexibility index (Phi) is 3.33. The average Bonchev–Trinajstić information content (AvgIpc) is 1.99. The van der Waals surface area contributed by atoms with Crippen molar-refractivity contribution >= 4 is 38.5 Å². The van der Waals surface area contributed by atoms with Gasteiger partial charge >= 0.3 is 0 Å². The molecule has 66 valence electrons. The minimum Gasteiger partial charge on any atom is -0.238 e. The highest BCUT2D eigenvalue weighted by atomic mass is 127. The third-order valence-corrected chi connectivity index (χ3v) is 2.41. The standard InChI is InChI=1S/C6H2BrF3IN/c7-2-1-3(5(9)10)12-6(11)4(2)8/h1,5H. The Hall–Kier alpha value is 0.150. The second-order valence-corrected chi connectivity index (χ2v) is 3.81. The van der Waals surface area contributed by atoms with Crippen LogP contribution in [0.4, 0.5) is 13.2 Å². The van der Waals surface area contributed by atoms with Crippen LogP contribution in [0.5, 0.6) is 0 Å². The van der Waals surface area contributed by atoms with E-state index >= 15 is 0 Å². The Morgan fingerprint density at radius 3 is 2.50 bits per heavy atom. The number of rotatable bonds is 1. The molecule has 0 fully saturated rings. The van der Waals surface area contributed by atoms with Crippen molar-refractivity contribution in [3.05, 3.63) is 25.8 Å². The highest BCUT2D eigenvalue weighted by Gasteiger charge is 2.14. The maximum Gasteiger partial charge on any atom is 0.280 e. The van der Waals surface area contributed by atoms with Gasteiger partial charge in [-0.15, -0.1) is 0 Å². The van der Waals surface area contributed by atoms with Crippen molar-refractivity contribution in [2.45, 2.75) is 6.43 Å². The minimum atomic E-state index is -2.67. The molecule has 0 saturated heterocycles. The average molecular weight is 352 g/mol. The molecule has 0 atom stereocenters. The van der Waals surface area contributed by atoms with E-state index in [0.29, 0.717) is 0 Å². The van der Waals surface area contributed by atoms with Gasteiger partial charge in [0.25, 0.3) is 6.43 Å². The van der Waals surface area contributed by atoms with Gasteiger partial charge in [-0.1, -0.05) is 0 Å². The van der Waals surface area contributed by atoms with Gasteiger partial charge in [0.15, 0.2) is 5.82 Å². The van der Waals surface area contributed by atoms with Gasteiger partial charge in [-0.05, 0) is 44.6 Å². The molecule has 12 heavy (non-hydrogen) atoms. The van der Waals surface area contributed by atoms with Gasteiger partial charge in [0, 0.05) is 0 Å². The normalized spacial score (nSPS) is 10.8. The topological polar surface area (TPSA) is 12.9 Å². The zero-order valence-electron chi connectivity index (χ0n) is 5.49. The number of aromatic nitrogens is 1. The molecule has 0 spiro atoms. The molecule has 0 aliphatic rings. The summed E-state index contributed by atoms with van der Waals surface area (Å²) in [6, 6.07) is 0.974. The van der Waals surface area contributed by atoms with E-state index in [-0.39, 0.29) is 8.17 Å². The molecule has 0 bridgehead atoms. The van der Waals surface area contributed by atoms with Crippen LogP contribution in [0.15, 0.2) is 10.5 Å². The molecule has 0 radical (unpaired) electrons. The molecule has 0 N–H and O–H groups in total. The monoisotopic (exact) mass is 351 g/mol. The fourth-order valence-corrected chi connectivity index (χ4v) is 1.96. The summed E-state index contributed by atoms with van der Waals surface area (Å²) in [4.78, 5) is 3.36. The van der Waals surface area contributed by atoms with Crippen LogP contribution in [-0.4, -0.2) is 4.98 Å². The first-order valence-electron chi connectivity index (χ1n) is 2.82. The highest BCUT2D eigenvalue weighted by molar-refractivity contribution is 14.1. The summed E-state index contributed by atoms with van der Waals surface area (Å²) in [5.41, 5.74) is -0.423. The molecule has 1 aromatic heterocycles. The zero-order chi connectivity index (χ0) is 9.30. The lowest BCUT2D eigenvalue weighted by molar-refractivity contribution is 0.145. The quantitative estimate of drug-likeness (QED) is 0.557. The molecular weight excluding hydrogens is 350 g/mol. The SMILES string of the molecule is Fc1c(Br)cc(C(F)F)nc1I. The molecule has 0 unspecified atom stereocenters. The summed E-state index contributed by atoms with van der Waals surface area (Å²) in [6.07, 6.45) is -2.67. The van der Waals surface area contributed by atoms with E-state index in [1.54, 1.807) is 22.6 Å². The van der Waals surface area contributed by atoms with E-state index in [0.717, 1.165) is 6.07 Å². The summed E-state index contributed by atoms with van der Waals surface area (Å²) in [7, 11) is 0. The van der Waals surface area contributed by atoms with Crippen LogP contribution in [0, 0.1) is 9.52 Å². The first kappa shape index (κ1) is 10.2. The lowest BCUT2D eigenvalue weighted by atomic mass is 10.3. The van der Waals surface area contributed by atoms with Crippen LogP contribution in [0.1, 0.15) is 12.1 Å². The Balaban J connectivity index is 3.21. The van der Waals surface area contributed by atoms with Crippen LogP contribution in [0.2, 0.25) is 0 Å². The van der Waals surface area contributed by atoms with Gasteiger partial charge < -0.3 is 0 Å². The van der Waals surface area contributed by atoms with Gasteiger partial charge in [-0.25, -0.2) is 18.2 Å². The van der Waals surface area contributed by atoms with Crippen molar-refractivity contribution in [3.8, 4) is 0 Å². The summed E-state index contributed by atoms with van der Waals surface area (Å²) < 4.78 is 36.9. The fourth-order valence-electron chi connectivity index (χ4n) is 0.598. The van der Waals surface area contributed by atoms with Crippen LogP contribution in [0.3, 0.4) is 0 Å².